The molecule has 2 aromatic heterocycles. The van der Waals surface area contributed by atoms with Crippen LogP contribution in [0.5, 0.6) is 0 Å². The highest BCUT2D eigenvalue weighted by molar-refractivity contribution is 5.96. The maximum Gasteiger partial charge on any atom is 0.322 e. The highest BCUT2D eigenvalue weighted by atomic mass is 16.4. The first-order valence-electron chi connectivity index (χ1n) is 7.06. The van der Waals surface area contributed by atoms with Crippen LogP contribution in [0.3, 0.4) is 0 Å². The Morgan fingerprint density at radius 2 is 2.00 bits per heavy atom. The number of nitriles is 1. The topological polar surface area (TPSA) is 107 Å². The number of rotatable bonds is 4. The minimum absolute atomic E-state index is 0.334. The molecule has 0 aliphatic carbocycles. The molecule has 24 heavy (non-hydrogen) atoms. The highest BCUT2D eigenvalue weighted by Gasteiger charge is 2.10. The molecule has 0 saturated carbocycles. The van der Waals surface area contributed by atoms with Crippen LogP contribution in [0, 0.1) is 11.3 Å². The van der Waals surface area contributed by atoms with Crippen LogP contribution in [0.1, 0.15) is 15.9 Å². The summed E-state index contributed by atoms with van der Waals surface area (Å²) < 4.78 is 1.77. The number of nitrogens with zero attached hydrogens (tertiary/aromatic N) is 3. The zero-order chi connectivity index (χ0) is 17.1. The first-order valence-corrected chi connectivity index (χ1v) is 7.06. The number of hydrogen-bond acceptors (Lipinski definition) is 4. The van der Waals surface area contributed by atoms with Crippen LogP contribution < -0.4 is 5.32 Å². The van der Waals surface area contributed by atoms with E-state index >= 15 is 0 Å². The Kier molecular flexibility index (Phi) is 3.95. The van der Waals surface area contributed by atoms with E-state index in [1.54, 1.807) is 47.0 Å². The van der Waals surface area contributed by atoms with Crippen LogP contribution in [-0.2, 0) is 4.79 Å². The van der Waals surface area contributed by atoms with Crippen LogP contribution in [0.2, 0.25) is 0 Å². The molecule has 0 aliphatic rings. The summed E-state index contributed by atoms with van der Waals surface area (Å²) >= 11 is 0. The van der Waals surface area contributed by atoms with Crippen LogP contribution in [0.15, 0.2) is 48.8 Å². The number of carboxylic acids is 1. The van der Waals surface area contributed by atoms with Gasteiger partial charge in [0.15, 0.2) is 0 Å². The van der Waals surface area contributed by atoms with Crippen molar-refractivity contribution in [3.05, 3.63) is 59.9 Å². The molecule has 2 heterocycles. The van der Waals surface area contributed by atoms with Crippen LogP contribution >= 0.6 is 0 Å². The third-order valence-electron chi connectivity index (χ3n) is 3.43. The number of aromatic nitrogens is 2. The number of nitrogens with one attached hydrogen (secondary N) is 1. The second-order valence-electron chi connectivity index (χ2n) is 5.07. The molecule has 0 unspecified atom stereocenters. The zero-order valence-corrected chi connectivity index (χ0v) is 12.4. The third kappa shape index (κ3) is 3.08. The molecule has 0 aliphatic heterocycles. The standard InChI is InChI=1S/C17H12N4O3/c18-8-11-1-3-12(4-2-11)14-10-21-6-5-13(7-15(21)20-14)17(24)19-9-16(22)23/h1-7,10H,9H2,(H,19,24)(H,22,23). The normalized spacial score (nSPS) is 10.3. The molecule has 0 spiro atoms. The van der Waals surface area contributed by atoms with Gasteiger partial charge >= 0.3 is 5.97 Å². The van der Waals surface area contributed by atoms with E-state index in [1.165, 1.54) is 0 Å². The number of carbonyl (C=O) groups is 2. The Morgan fingerprint density at radius 1 is 1.25 bits per heavy atom. The molecule has 118 valence electrons. The number of aliphatic carboxylic acids is 1. The largest absolute Gasteiger partial charge is 0.480 e. The first kappa shape index (κ1) is 15.2. The Hall–Kier alpha value is -3.66. The van der Waals surface area contributed by atoms with E-state index in [1.807, 2.05) is 6.20 Å². The van der Waals surface area contributed by atoms with Gasteiger partial charge < -0.3 is 14.8 Å². The molecular formula is C17H12N4O3. The molecule has 2 N–H and O–H groups in total. The van der Waals surface area contributed by atoms with Gasteiger partial charge in [0.05, 0.1) is 17.3 Å². The van der Waals surface area contributed by atoms with Gasteiger partial charge in [0, 0.05) is 23.5 Å². The number of fused-ring (bicyclic) bond motifs is 1. The van der Waals surface area contributed by atoms with E-state index < -0.39 is 18.4 Å². The van der Waals surface area contributed by atoms with Crippen molar-refractivity contribution in [3.63, 3.8) is 0 Å². The quantitative estimate of drug-likeness (QED) is 0.760. The Labute approximate surface area is 136 Å². The molecular weight excluding hydrogens is 308 g/mol. The van der Waals surface area contributed by atoms with Gasteiger partial charge in [-0.25, -0.2) is 4.98 Å². The molecule has 0 radical (unpaired) electrons. The van der Waals surface area contributed by atoms with Crippen molar-refractivity contribution < 1.29 is 14.7 Å². The monoisotopic (exact) mass is 320 g/mol. The van der Waals surface area contributed by atoms with Gasteiger partial charge in [0.1, 0.15) is 12.2 Å². The number of amides is 1. The second-order valence-corrected chi connectivity index (χ2v) is 5.07. The summed E-state index contributed by atoms with van der Waals surface area (Å²) in [5.41, 5.74) is 3.04. The summed E-state index contributed by atoms with van der Waals surface area (Å²) in [4.78, 5) is 26.9. The van der Waals surface area contributed by atoms with Gasteiger partial charge in [-0.05, 0) is 24.3 Å². The summed E-state index contributed by atoms with van der Waals surface area (Å²) in [6.07, 6.45) is 3.50. The lowest BCUT2D eigenvalue weighted by molar-refractivity contribution is -0.135. The SMILES string of the molecule is N#Cc1ccc(-c2cn3ccc(C(=O)NCC(=O)O)cc3n2)cc1. The fourth-order valence-corrected chi connectivity index (χ4v) is 2.24. The van der Waals surface area contributed by atoms with Crippen molar-refractivity contribution in [2.24, 2.45) is 0 Å². The summed E-state index contributed by atoms with van der Waals surface area (Å²) in [5, 5.41) is 19.7. The lowest BCUT2D eigenvalue weighted by atomic mass is 10.1. The van der Waals surface area contributed by atoms with Gasteiger partial charge in [-0.1, -0.05) is 12.1 Å². The molecule has 3 rings (SSSR count). The average Bonchev–Trinajstić information content (AvgIpc) is 3.02. The highest BCUT2D eigenvalue weighted by Crippen LogP contribution is 2.20. The van der Waals surface area contributed by atoms with Crippen molar-refractivity contribution in [2.75, 3.05) is 6.54 Å². The molecule has 7 nitrogen and oxygen atoms in total. The van der Waals surface area contributed by atoms with E-state index in [0.29, 0.717) is 22.5 Å². The zero-order valence-electron chi connectivity index (χ0n) is 12.4. The Morgan fingerprint density at radius 3 is 2.67 bits per heavy atom. The van der Waals surface area contributed by atoms with Crippen molar-refractivity contribution in [2.45, 2.75) is 0 Å². The smallest absolute Gasteiger partial charge is 0.322 e. The van der Waals surface area contributed by atoms with E-state index in [2.05, 4.69) is 16.4 Å². The van der Waals surface area contributed by atoms with Gasteiger partial charge in [0.2, 0.25) is 0 Å². The molecule has 0 saturated heterocycles. The molecule has 0 atom stereocenters. The number of hydrogen-bond donors (Lipinski definition) is 2. The van der Waals surface area contributed by atoms with E-state index in [0.717, 1.165) is 5.56 Å². The Balaban J connectivity index is 1.89. The minimum Gasteiger partial charge on any atom is -0.480 e. The van der Waals surface area contributed by atoms with Crippen LogP contribution in [-0.4, -0.2) is 32.9 Å². The number of carbonyl (C=O) groups excluding carboxylic acids is 1. The van der Waals surface area contributed by atoms with Gasteiger partial charge in [-0.3, -0.25) is 9.59 Å². The lowest BCUT2D eigenvalue weighted by Gasteiger charge is -2.02. The van der Waals surface area contributed by atoms with Gasteiger partial charge in [-0.15, -0.1) is 0 Å². The Bertz CT molecular complexity index is 968. The molecule has 1 amide bonds. The number of imidazole rings is 1. The van der Waals surface area contributed by atoms with Crippen molar-refractivity contribution in [1.29, 1.82) is 5.26 Å². The van der Waals surface area contributed by atoms with Crippen molar-refractivity contribution in [3.8, 4) is 17.3 Å². The molecule has 0 bridgehead atoms. The fourth-order valence-electron chi connectivity index (χ4n) is 2.24. The van der Waals surface area contributed by atoms with Crippen LogP contribution in [0.4, 0.5) is 0 Å². The minimum atomic E-state index is -1.10. The second kappa shape index (κ2) is 6.22. The van der Waals surface area contributed by atoms with Crippen LogP contribution in [0.25, 0.3) is 16.9 Å². The number of pyridine rings is 1. The van der Waals surface area contributed by atoms with E-state index in [-0.39, 0.29) is 0 Å². The maximum atomic E-state index is 11.9. The number of benzene rings is 1. The molecule has 3 aromatic rings. The first-order chi connectivity index (χ1) is 11.6. The summed E-state index contributed by atoms with van der Waals surface area (Å²) in [5.74, 6) is -1.57. The maximum absolute atomic E-state index is 11.9. The van der Waals surface area contributed by atoms with E-state index in [9.17, 15) is 9.59 Å². The van der Waals surface area contributed by atoms with Gasteiger partial charge in [-0.2, -0.15) is 5.26 Å². The summed E-state index contributed by atoms with van der Waals surface area (Å²) in [7, 11) is 0. The lowest BCUT2D eigenvalue weighted by Crippen LogP contribution is -2.29. The van der Waals surface area contributed by atoms with Crippen molar-refractivity contribution in [1.82, 2.24) is 14.7 Å². The molecule has 7 heteroatoms. The summed E-state index contributed by atoms with van der Waals surface area (Å²) in [6, 6.07) is 12.3. The number of carboxylic acid groups (broad SMARTS) is 1. The average molecular weight is 320 g/mol. The third-order valence-corrected chi connectivity index (χ3v) is 3.43. The van der Waals surface area contributed by atoms with Crippen molar-refractivity contribution >= 4 is 17.5 Å². The summed E-state index contributed by atoms with van der Waals surface area (Å²) in [6.45, 7) is -0.436. The molecule has 0 fully saturated rings. The van der Waals surface area contributed by atoms with E-state index in [4.69, 9.17) is 10.4 Å². The predicted octanol–water partition coefficient (Wildman–Crippen LogP) is 1.69. The fraction of sp³-hybridized carbons (Fsp3) is 0.0588. The predicted molar refractivity (Wildman–Crippen MR) is 85.3 cm³/mol. The van der Waals surface area contributed by atoms with Gasteiger partial charge in [0.25, 0.3) is 5.91 Å². The molecule has 1 aromatic carbocycles.